The monoisotopic (exact) mass is 291 g/mol. The Balaban J connectivity index is 1.98. The van der Waals surface area contributed by atoms with E-state index in [4.69, 9.17) is 0 Å². The second kappa shape index (κ2) is 5.69. The zero-order valence-corrected chi connectivity index (χ0v) is 10.9. The number of halogens is 4. The quantitative estimate of drug-likeness (QED) is 0.835. The van der Waals surface area contributed by atoms with Crippen molar-refractivity contribution >= 4 is 0 Å². The van der Waals surface area contributed by atoms with Crippen molar-refractivity contribution in [2.45, 2.75) is 44.0 Å². The first-order chi connectivity index (χ1) is 9.30. The third-order valence-corrected chi connectivity index (χ3v) is 3.68. The topological polar surface area (TPSA) is 32.3 Å². The van der Waals surface area contributed by atoms with E-state index in [0.717, 1.165) is 31.0 Å². The number of alkyl halides is 3. The predicted octanol–water partition coefficient (Wildman–Crippen LogP) is 3.24. The third-order valence-electron chi connectivity index (χ3n) is 3.68. The summed E-state index contributed by atoms with van der Waals surface area (Å²) in [4.78, 5) is 0. The average molecular weight is 291 g/mol. The summed E-state index contributed by atoms with van der Waals surface area (Å²) in [6, 6.07) is 2.36. The molecular formula is C14H17F4NO. The van der Waals surface area contributed by atoms with E-state index in [1.54, 1.807) is 0 Å². The molecule has 0 bridgehead atoms. The standard InChI is InChI=1S/C14H17F4NO/c15-12-4-3-11(14(16,17)18)7-10(12)8-19-9-13(20)5-1-2-6-13/h3-4,7,19-20H,1-2,5-6,8-9H2. The minimum atomic E-state index is -4.48. The van der Waals surface area contributed by atoms with Crippen LogP contribution in [0.3, 0.4) is 0 Å². The number of hydrogen-bond acceptors (Lipinski definition) is 2. The number of aliphatic hydroxyl groups is 1. The zero-order chi connectivity index (χ0) is 14.8. The van der Waals surface area contributed by atoms with Crippen LogP contribution < -0.4 is 5.32 Å². The molecule has 0 aromatic heterocycles. The normalized spacial score (nSPS) is 18.4. The summed E-state index contributed by atoms with van der Waals surface area (Å²) in [5.74, 6) is -0.677. The van der Waals surface area contributed by atoms with Gasteiger partial charge in [0.15, 0.2) is 0 Å². The van der Waals surface area contributed by atoms with Crippen LogP contribution in [0.15, 0.2) is 18.2 Å². The summed E-state index contributed by atoms with van der Waals surface area (Å²) >= 11 is 0. The summed E-state index contributed by atoms with van der Waals surface area (Å²) in [5, 5.41) is 12.9. The van der Waals surface area contributed by atoms with Crippen LogP contribution in [0, 0.1) is 5.82 Å². The van der Waals surface area contributed by atoms with E-state index >= 15 is 0 Å². The van der Waals surface area contributed by atoms with Crippen LogP contribution in [0.5, 0.6) is 0 Å². The van der Waals surface area contributed by atoms with Gasteiger partial charge in [-0.25, -0.2) is 4.39 Å². The van der Waals surface area contributed by atoms with E-state index in [1.807, 2.05) is 0 Å². The second-order valence-electron chi connectivity index (χ2n) is 5.34. The summed E-state index contributed by atoms with van der Waals surface area (Å²) < 4.78 is 51.1. The number of nitrogens with one attached hydrogen (secondary N) is 1. The van der Waals surface area contributed by atoms with Gasteiger partial charge in [0.25, 0.3) is 0 Å². The van der Waals surface area contributed by atoms with Gasteiger partial charge in [0.2, 0.25) is 0 Å². The van der Waals surface area contributed by atoms with Crippen LogP contribution >= 0.6 is 0 Å². The maximum Gasteiger partial charge on any atom is 0.416 e. The van der Waals surface area contributed by atoms with Gasteiger partial charge in [-0.05, 0) is 31.0 Å². The predicted molar refractivity (Wildman–Crippen MR) is 66.5 cm³/mol. The van der Waals surface area contributed by atoms with Gasteiger partial charge in [0, 0.05) is 18.7 Å². The van der Waals surface area contributed by atoms with Crippen molar-refractivity contribution in [2.24, 2.45) is 0 Å². The Kier molecular flexibility index (Phi) is 4.34. The summed E-state index contributed by atoms with van der Waals surface area (Å²) in [7, 11) is 0. The number of rotatable bonds is 4. The van der Waals surface area contributed by atoms with E-state index < -0.39 is 23.2 Å². The van der Waals surface area contributed by atoms with Crippen molar-refractivity contribution < 1.29 is 22.7 Å². The molecule has 1 aromatic rings. The minimum Gasteiger partial charge on any atom is -0.389 e. The fourth-order valence-corrected chi connectivity index (χ4v) is 2.53. The van der Waals surface area contributed by atoms with Gasteiger partial charge in [-0.1, -0.05) is 12.8 Å². The maximum atomic E-state index is 13.5. The third kappa shape index (κ3) is 3.70. The molecule has 0 amide bonds. The molecule has 2 nitrogen and oxygen atoms in total. The van der Waals surface area contributed by atoms with Crippen molar-refractivity contribution in [3.05, 3.63) is 35.1 Å². The van der Waals surface area contributed by atoms with Crippen molar-refractivity contribution in [3.8, 4) is 0 Å². The van der Waals surface area contributed by atoms with E-state index in [0.29, 0.717) is 12.8 Å². The second-order valence-corrected chi connectivity index (χ2v) is 5.34. The maximum absolute atomic E-state index is 13.5. The van der Waals surface area contributed by atoms with Crippen molar-refractivity contribution in [1.82, 2.24) is 5.32 Å². The molecule has 1 fully saturated rings. The van der Waals surface area contributed by atoms with Gasteiger partial charge in [-0.2, -0.15) is 13.2 Å². The molecule has 112 valence electrons. The van der Waals surface area contributed by atoms with Crippen molar-refractivity contribution in [2.75, 3.05) is 6.54 Å². The van der Waals surface area contributed by atoms with Crippen molar-refractivity contribution in [1.29, 1.82) is 0 Å². The average Bonchev–Trinajstić information content (AvgIpc) is 2.77. The molecule has 2 N–H and O–H groups in total. The molecule has 20 heavy (non-hydrogen) atoms. The molecule has 1 saturated carbocycles. The molecular weight excluding hydrogens is 274 g/mol. The minimum absolute atomic E-state index is 0.0297. The van der Waals surface area contributed by atoms with Crippen LogP contribution in [0.2, 0.25) is 0 Å². The lowest BCUT2D eigenvalue weighted by Gasteiger charge is -2.22. The first-order valence-electron chi connectivity index (χ1n) is 6.59. The van der Waals surface area contributed by atoms with E-state index in [-0.39, 0.29) is 18.7 Å². The molecule has 0 spiro atoms. The molecule has 1 aliphatic rings. The Morgan fingerprint density at radius 2 is 1.85 bits per heavy atom. The molecule has 6 heteroatoms. The van der Waals surface area contributed by atoms with Crippen LogP contribution in [0.1, 0.15) is 36.8 Å². The van der Waals surface area contributed by atoms with Crippen molar-refractivity contribution in [3.63, 3.8) is 0 Å². The smallest absolute Gasteiger partial charge is 0.389 e. The summed E-state index contributed by atoms with van der Waals surface area (Å²) in [5.41, 5.74) is -1.71. The molecule has 0 radical (unpaired) electrons. The molecule has 0 saturated heterocycles. The molecule has 0 unspecified atom stereocenters. The SMILES string of the molecule is OC1(CNCc2cc(C(F)(F)F)ccc2F)CCCC1. The van der Waals surface area contributed by atoms with Gasteiger partial charge in [0.05, 0.1) is 11.2 Å². The van der Waals surface area contributed by atoms with Gasteiger partial charge < -0.3 is 10.4 Å². The Morgan fingerprint density at radius 1 is 1.20 bits per heavy atom. The molecule has 0 heterocycles. The van der Waals surface area contributed by atoms with E-state index in [2.05, 4.69) is 5.32 Å². The Morgan fingerprint density at radius 3 is 2.45 bits per heavy atom. The lowest BCUT2D eigenvalue weighted by Crippen LogP contribution is -2.37. The van der Waals surface area contributed by atoms with Crippen LogP contribution in [0.25, 0.3) is 0 Å². The van der Waals surface area contributed by atoms with Gasteiger partial charge >= 0.3 is 6.18 Å². The van der Waals surface area contributed by atoms with Gasteiger partial charge in [-0.3, -0.25) is 0 Å². The molecule has 0 aliphatic heterocycles. The number of hydrogen-bond donors (Lipinski definition) is 2. The molecule has 1 aromatic carbocycles. The highest BCUT2D eigenvalue weighted by Gasteiger charge is 2.32. The lowest BCUT2D eigenvalue weighted by atomic mass is 10.0. The first-order valence-corrected chi connectivity index (χ1v) is 6.59. The highest BCUT2D eigenvalue weighted by molar-refractivity contribution is 5.27. The van der Waals surface area contributed by atoms with E-state index in [1.165, 1.54) is 0 Å². The van der Waals surface area contributed by atoms with Gasteiger partial charge in [0.1, 0.15) is 5.82 Å². The molecule has 1 aliphatic carbocycles. The highest BCUT2D eigenvalue weighted by atomic mass is 19.4. The largest absolute Gasteiger partial charge is 0.416 e. The van der Waals surface area contributed by atoms with Crippen LogP contribution in [-0.2, 0) is 12.7 Å². The number of benzene rings is 1. The Bertz CT molecular complexity index is 467. The highest BCUT2D eigenvalue weighted by Crippen LogP contribution is 2.31. The Hall–Kier alpha value is -1.14. The zero-order valence-electron chi connectivity index (χ0n) is 10.9. The fourth-order valence-electron chi connectivity index (χ4n) is 2.53. The summed E-state index contributed by atoms with van der Waals surface area (Å²) in [6.07, 6.45) is -1.26. The van der Waals surface area contributed by atoms with Crippen LogP contribution in [-0.4, -0.2) is 17.3 Å². The summed E-state index contributed by atoms with van der Waals surface area (Å²) in [6.45, 7) is 0.237. The van der Waals surface area contributed by atoms with Gasteiger partial charge in [-0.15, -0.1) is 0 Å². The lowest BCUT2D eigenvalue weighted by molar-refractivity contribution is -0.137. The molecule has 2 rings (SSSR count). The fraction of sp³-hybridized carbons (Fsp3) is 0.571. The first kappa shape index (κ1) is 15.3. The van der Waals surface area contributed by atoms with Crippen LogP contribution in [0.4, 0.5) is 17.6 Å². The molecule has 0 atom stereocenters. The Labute approximate surface area is 114 Å². The van der Waals surface area contributed by atoms with E-state index in [9.17, 15) is 22.7 Å².